The second-order valence-electron chi connectivity index (χ2n) is 25.8. The van der Waals surface area contributed by atoms with Crippen molar-refractivity contribution in [3.63, 3.8) is 0 Å². The van der Waals surface area contributed by atoms with Gasteiger partial charge < -0.3 is 37.6 Å². The molecule has 0 unspecified atom stereocenters. The zero-order valence-corrected chi connectivity index (χ0v) is 73.6. The lowest BCUT2D eigenvalue weighted by Gasteiger charge is -1.99. The van der Waals surface area contributed by atoms with Crippen LogP contribution in [0.15, 0.2) is 540 Å². The van der Waals surface area contributed by atoms with E-state index in [1.165, 1.54) is 71.7 Å². The Bertz CT molecular complexity index is 5870. The quantitative estimate of drug-likeness (QED) is 0.103. The van der Waals surface area contributed by atoms with Crippen molar-refractivity contribution in [3.05, 3.63) is 522 Å². The van der Waals surface area contributed by atoms with Gasteiger partial charge in [-0.1, -0.05) is 194 Å². The van der Waals surface area contributed by atoms with Crippen molar-refractivity contribution in [3.8, 4) is 0 Å². The molecule has 0 aliphatic rings. The van der Waals surface area contributed by atoms with E-state index in [1.807, 2.05) is 301 Å². The molecule has 24 heteroatoms. The van der Waals surface area contributed by atoms with Crippen LogP contribution in [0.5, 0.6) is 0 Å². The van der Waals surface area contributed by atoms with Crippen molar-refractivity contribution in [2.75, 3.05) is 0 Å². The molecule has 0 bridgehead atoms. The van der Waals surface area contributed by atoms with Gasteiger partial charge in [-0.05, 0) is 183 Å². The van der Waals surface area contributed by atoms with Gasteiger partial charge in [0.15, 0.2) is 18.4 Å². The number of fused-ring (bicyclic) bond motifs is 10. The van der Waals surface area contributed by atoms with Crippen molar-refractivity contribution >= 4 is 153 Å². The van der Waals surface area contributed by atoms with Gasteiger partial charge in [0.25, 0.3) is 0 Å². The number of imidazole rings is 2. The van der Waals surface area contributed by atoms with Crippen LogP contribution in [0, 0.1) is 0 Å². The van der Waals surface area contributed by atoms with Crippen LogP contribution < -0.4 is 0 Å². The largest absolute Gasteiger partial charge is 0.473 e. The van der Waals surface area contributed by atoms with Gasteiger partial charge in [0.1, 0.15) is 17.4 Å². The molecule has 17 aromatic heterocycles. The fraction of sp³-hybridized carbons (Fsp3) is 0. The average molecular weight is 1780 g/mol. The number of H-pyrrole nitrogens is 4. The minimum absolute atomic E-state index is 0.845. The second kappa shape index (κ2) is 59.0. The van der Waals surface area contributed by atoms with Crippen molar-refractivity contribution in [2.45, 2.75) is 0 Å². The number of pyridine rings is 4. The molecular formula is C106H90N16O4S4. The Hall–Kier alpha value is -16.9. The average Bonchev–Trinajstić information content (AvgIpc) is 1.19. The first-order valence-electron chi connectivity index (χ1n) is 40.4. The van der Waals surface area contributed by atoms with E-state index in [-0.39, 0.29) is 0 Å². The fourth-order valence-corrected chi connectivity index (χ4v) is 13.2. The normalized spacial score (nSPS) is 9.54. The van der Waals surface area contributed by atoms with E-state index < -0.39 is 0 Å². The molecule has 0 saturated carbocycles. The SMILES string of the molecule is c1c[nH]cn1.c1cc[nH]c1.c1ccc2[nH]ccc2c1.c1ccc2[nH]cnc2c1.c1ccc2cnccc2c1.c1ccc2nc3ccccc3cc2c1.c1ccc2ncccc2c1.c1ccc2occc2c1.c1ccc2ocnc2c1.c1ccc2sccc2c1.c1ccc2scnc2c1.c1ccncc1.c1ccoc1.c1ccsc1.c1cnccn1.c1cocn1.c1cscn1. The summed E-state index contributed by atoms with van der Waals surface area (Å²) in [5.74, 6) is 0. The molecule has 20 nitrogen and oxygen atoms in total. The van der Waals surface area contributed by atoms with E-state index in [0.717, 1.165) is 55.2 Å². The molecule has 0 atom stereocenters. The van der Waals surface area contributed by atoms with Crippen LogP contribution in [0.25, 0.3) is 108 Å². The number of benzene rings is 10. The van der Waals surface area contributed by atoms with Gasteiger partial charge in [-0.15, -0.1) is 34.0 Å². The lowest BCUT2D eigenvalue weighted by Crippen LogP contribution is -1.80. The predicted octanol–water partition coefficient (Wildman–Crippen LogP) is 28.9. The Morgan fingerprint density at radius 2 is 0.854 bits per heavy atom. The van der Waals surface area contributed by atoms with Crippen molar-refractivity contribution in [1.29, 1.82) is 0 Å². The van der Waals surface area contributed by atoms with Crippen LogP contribution in [0.1, 0.15) is 0 Å². The third-order valence-corrected chi connectivity index (χ3v) is 19.8. The van der Waals surface area contributed by atoms with Crippen LogP contribution in [0.3, 0.4) is 0 Å². The van der Waals surface area contributed by atoms with E-state index in [1.54, 1.807) is 144 Å². The summed E-state index contributed by atoms with van der Waals surface area (Å²) in [6.07, 6.45) is 40.7. The van der Waals surface area contributed by atoms with Crippen molar-refractivity contribution in [1.82, 2.24) is 79.7 Å². The summed E-state index contributed by atoms with van der Waals surface area (Å²) in [6, 6.07) is 113. The first-order chi connectivity index (χ1) is 64.7. The van der Waals surface area contributed by atoms with Gasteiger partial charge in [-0.3, -0.25) is 29.9 Å². The number of hydrogen-bond acceptors (Lipinski definition) is 20. The van der Waals surface area contributed by atoms with E-state index in [4.69, 9.17) is 8.83 Å². The van der Waals surface area contributed by atoms with Gasteiger partial charge in [-0.2, -0.15) is 11.3 Å². The molecule has 0 radical (unpaired) electrons. The first-order valence-corrected chi connectivity index (χ1v) is 44.1. The molecule has 4 N–H and O–H groups in total. The minimum Gasteiger partial charge on any atom is -0.473 e. The third-order valence-electron chi connectivity index (χ3n) is 17.0. The summed E-state index contributed by atoms with van der Waals surface area (Å²) in [6.45, 7) is 0. The summed E-state index contributed by atoms with van der Waals surface area (Å²) >= 11 is 6.78. The highest BCUT2D eigenvalue weighted by molar-refractivity contribution is 7.17. The Kier molecular flexibility index (Phi) is 42.6. The summed E-state index contributed by atoms with van der Waals surface area (Å²) < 4.78 is 21.8. The highest BCUT2D eigenvalue weighted by Crippen LogP contribution is 2.22. The number of nitrogens with one attached hydrogen (secondary N) is 4. The van der Waals surface area contributed by atoms with Gasteiger partial charge in [-0.25, -0.2) is 29.9 Å². The zero-order valence-electron chi connectivity index (χ0n) is 70.3. The van der Waals surface area contributed by atoms with Gasteiger partial charge in [0.2, 0.25) is 0 Å². The van der Waals surface area contributed by atoms with Crippen LogP contribution in [-0.4, -0.2) is 79.7 Å². The number of thiophene rings is 2. The van der Waals surface area contributed by atoms with Crippen LogP contribution in [0.2, 0.25) is 0 Å². The van der Waals surface area contributed by atoms with E-state index in [9.17, 15) is 0 Å². The molecule has 0 amide bonds. The number of furan rings is 2. The number of aromatic nitrogens is 16. The van der Waals surface area contributed by atoms with Crippen molar-refractivity contribution in [2.24, 2.45) is 0 Å². The number of rotatable bonds is 0. The highest BCUT2D eigenvalue weighted by Gasteiger charge is 1.99. The molecule has 0 aliphatic carbocycles. The molecule has 0 aliphatic heterocycles. The molecule has 642 valence electrons. The molecule has 0 spiro atoms. The number of nitrogens with zero attached hydrogens (tertiary/aromatic N) is 12. The molecule has 10 aromatic carbocycles. The van der Waals surface area contributed by atoms with Gasteiger partial charge in [0.05, 0.1) is 86.5 Å². The highest BCUT2D eigenvalue weighted by atomic mass is 32.1. The number of oxazole rings is 2. The Morgan fingerprint density at radius 3 is 1.38 bits per heavy atom. The number of para-hydroxylation sites is 10. The standard InChI is InChI=1S/C13H9N.2C9H7N.C8H7N.C8H6O.C8H6S.C7H6N2.C7H5NO.C7H5NS.C5H5N.C4H4N2.C4H5N.C4H4O.C4H4S.C3H4N2.C3H3NO.C3H3NS/c1-3-7-12-10(5-1)9-11-6-2-4-8-13(11)14-12;1-2-6-9-8(4-1)5-3-7-10-9;1-2-4-9-7-10-6-5-8(9)3-1;3*1-2-4-8-7(3-1)5-6-9-8;3*1-2-4-7-6(3-1)8-5-9-7;1-2-4-6-5-3-1;1-2-6-4-3-5-1;3*1-2-4-5-3-1;3*1-2-5-3-4-1/h1-9H;2*1-7H;1-6,9H;2*1-6H;1-5H,(H,8,9);2*1-5H;1-5H;1-4H;1-5H;2*1-4H;1-3H,(H,4,5);2*1-3H. The summed E-state index contributed by atoms with van der Waals surface area (Å²) in [7, 11) is 0. The van der Waals surface area contributed by atoms with Crippen molar-refractivity contribution < 1.29 is 17.7 Å². The molecule has 130 heavy (non-hydrogen) atoms. The fourth-order valence-electron chi connectivity index (χ4n) is 10.9. The Balaban J connectivity index is 0.000000135. The Morgan fingerprint density at radius 1 is 0.238 bits per heavy atom. The Labute approximate surface area is 766 Å². The molecule has 17 heterocycles. The number of hydrogen-bond donors (Lipinski definition) is 4. The smallest absolute Gasteiger partial charge is 0.181 e. The lowest BCUT2D eigenvalue weighted by atomic mass is 10.1. The lowest BCUT2D eigenvalue weighted by molar-refractivity contribution is 0.558. The summed E-state index contributed by atoms with van der Waals surface area (Å²) in [5, 5.41) is 18.0. The van der Waals surface area contributed by atoms with E-state index in [2.05, 4.69) is 191 Å². The molecule has 27 aromatic rings. The van der Waals surface area contributed by atoms with E-state index >= 15 is 0 Å². The third kappa shape index (κ3) is 36.1. The number of thiazole rings is 2. The zero-order chi connectivity index (χ0) is 89.3. The van der Waals surface area contributed by atoms with Gasteiger partial charge in [0, 0.05) is 130 Å². The van der Waals surface area contributed by atoms with E-state index in [0.29, 0.717) is 0 Å². The first kappa shape index (κ1) is 93.8. The molecular weight excluding hydrogens is 1690 g/mol. The maximum atomic E-state index is 5.12. The topological polar surface area (TPSA) is 270 Å². The molecule has 0 fully saturated rings. The minimum atomic E-state index is 0.845. The van der Waals surface area contributed by atoms with Crippen LogP contribution in [-0.2, 0) is 0 Å². The number of aromatic amines is 4. The monoisotopic (exact) mass is 1780 g/mol. The summed E-state index contributed by atoms with van der Waals surface area (Å²) in [4.78, 5) is 58.9. The second-order valence-corrected chi connectivity index (χ2v) is 29.2. The van der Waals surface area contributed by atoms with Crippen LogP contribution >= 0.6 is 45.3 Å². The molecule has 27 rings (SSSR count). The maximum Gasteiger partial charge on any atom is 0.181 e. The van der Waals surface area contributed by atoms with Gasteiger partial charge >= 0.3 is 0 Å². The molecule has 0 saturated heterocycles. The maximum absolute atomic E-state index is 5.12. The predicted molar refractivity (Wildman–Crippen MR) is 536 cm³/mol. The van der Waals surface area contributed by atoms with Crippen LogP contribution in [0.4, 0.5) is 0 Å². The summed E-state index contributed by atoms with van der Waals surface area (Å²) in [5.41, 5.74) is 14.0.